The summed E-state index contributed by atoms with van der Waals surface area (Å²) in [4.78, 5) is 4.33. The molecule has 0 amide bonds. The van der Waals surface area contributed by atoms with Crippen molar-refractivity contribution >= 4 is 23.2 Å². The van der Waals surface area contributed by atoms with Crippen molar-refractivity contribution < 1.29 is 9.47 Å². The molecular weight excluding hydrogens is 287 g/mol. The van der Waals surface area contributed by atoms with Crippen molar-refractivity contribution in [3.63, 3.8) is 0 Å². The van der Waals surface area contributed by atoms with Crippen LogP contribution >= 0.6 is 23.2 Å². The van der Waals surface area contributed by atoms with Gasteiger partial charge in [0, 0.05) is 30.0 Å². The normalized spacial score (nSPS) is 17.8. The third-order valence-electron chi connectivity index (χ3n) is 3.10. The number of rotatable bonds is 2. The maximum Gasteiger partial charge on any atom is 0.257 e. The predicted octanol–water partition coefficient (Wildman–Crippen LogP) is 2.97. The Balaban J connectivity index is 2.19. The Kier molecular flexibility index (Phi) is 3.27. The minimum atomic E-state index is -1.06. The Hall–Kier alpha value is -1.07. The second kappa shape index (κ2) is 4.80. The van der Waals surface area contributed by atoms with Crippen LogP contribution < -0.4 is 0 Å². The molecule has 0 spiro atoms. The van der Waals surface area contributed by atoms with Crippen LogP contribution in [0.4, 0.5) is 0 Å². The van der Waals surface area contributed by atoms with E-state index in [1.165, 1.54) is 0 Å². The molecule has 1 aliphatic heterocycles. The van der Waals surface area contributed by atoms with Gasteiger partial charge in [0.15, 0.2) is 5.82 Å². The fraction of sp³-hybridized carbons (Fsp3) is 0.308. The van der Waals surface area contributed by atoms with Crippen molar-refractivity contribution in [1.82, 2.24) is 9.55 Å². The third kappa shape index (κ3) is 2.05. The van der Waals surface area contributed by atoms with Crippen molar-refractivity contribution in [1.29, 1.82) is 0 Å². The highest BCUT2D eigenvalue weighted by Crippen LogP contribution is 2.41. The van der Waals surface area contributed by atoms with E-state index >= 15 is 0 Å². The highest BCUT2D eigenvalue weighted by Gasteiger charge is 2.45. The molecule has 1 saturated heterocycles. The van der Waals surface area contributed by atoms with Gasteiger partial charge in [0.25, 0.3) is 5.79 Å². The zero-order valence-electron chi connectivity index (χ0n) is 10.3. The van der Waals surface area contributed by atoms with Gasteiger partial charge >= 0.3 is 0 Å². The van der Waals surface area contributed by atoms with E-state index in [-0.39, 0.29) is 0 Å². The zero-order valence-corrected chi connectivity index (χ0v) is 11.8. The van der Waals surface area contributed by atoms with Crippen molar-refractivity contribution in [2.75, 3.05) is 13.2 Å². The lowest BCUT2D eigenvalue weighted by molar-refractivity contribution is -0.137. The molecule has 0 aliphatic carbocycles. The van der Waals surface area contributed by atoms with Gasteiger partial charge in [0.2, 0.25) is 0 Å². The van der Waals surface area contributed by atoms with E-state index < -0.39 is 5.79 Å². The third-order valence-corrected chi connectivity index (χ3v) is 3.64. The molecule has 2 heterocycles. The summed E-state index contributed by atoms with van der Waals surface area (Å²) < 4.78 is 13.5. The minimum Gasteiger partial charge on any atom is -0.337 e. The molecule has 6 heteroatoms. The molecule has 1 aromatic carbocycles. The van der Waals surface area contributed by atoms with Gasteiger partial charge in [-0.1, -0.05) is 29.3 Å². The van der Waals surface area contributed by atoms with E-state index in [4.69, 9.17) is 32.7 Å². The number of aryl methyl sites for hydroxylation is 1. The highest BCUT2D eigenvalue weighted by molar-refractivity contribution is 6.35. The van der Waals surface area contributed by atoms with Gasteiger partial charge in [-0.15, -0.1) is 0 Å². The van der Waals surface area contributed by atoms with Crippen LogP contribution in [0.1, 0.15) is 11.4 Å². The summed E-state index contributed by atoms with van der Waals surface area (Å²) in [5.74, 6) is -0.394. The number of hydrogen-bond donors (Lipinski definition) is 0. The van der Waals surface area contributed by atoms with Crippen molar-refractivity contribution in [2.45, 2.75) is 5.79 Å². The van der Waals surface area contributed by atoms with Crippen LogP contribution in [0.2, 0.25) is 10.0 Å². The number of aromatic nitrogens is 2. The van der Waals surface area contributed by atoms with Crippen LogP contribution in [-0.2, 0) is 22.3 Å². The van der Waals surface area contributed by atoms with Crippen LogP contribution in [0.15, 0.2) is 30.6 Å². The lowest BCUT2D eigenvalue weighted by atomic mass is 10.0. The molecule has 2 aromatic rings. The summed E-state index contributed by atoms with van der Waals surface area (Å²) in [5, 5.41) is 1.07. The Morgan fingerprint density at radius 2 is 2.00 bits per heavy atom. The number of ether oxygens (including phenoxy) is 2. The van der Waals surface area contributed by atoms with Gasteiger partial charge in [0.05, 0.1) is 18.2 Å². The first kappa shape index (κ1) is 12.9. The average molecular weight is 299 g/mol. The number of hydrogen-bond acceptors (Lipinski definition) is 3. The van der Waals surface area contributed by atoms with E-state index in [1.54, 1.807) is 18.3 Å². The monoisotopic (exact) mass is 298 g/mol. The van der Waals surface area contributed by atoms with E-state index in [9.17, 15) is 0 Å². The predicted molar refractivity (Wildman–Crippen MR) is 72.4 cm³/mol. The fourth-order valence-corrected chi connectivity index (χ4v) is 2.79. The number of benzene rings is 1. The van der Waals surface area contributed by atoms with Crippen LogP contribution in [0.25, 0.3) is 0 Å². The average Bonchev–Trinajstić information content (AvgIpc) is 2.98. The molecule has 0 radical (unpaired) electrons. The summed E-state index contributed by atoms with van der Waals surface area (Å²) in [6, 6.07) is 5.25. The largest absolute Gasteiger partial charge is 0.337 e. The fourth-order valence-electron chi connectivity index (χ4n) is 2.26. The zero-order chi connectivity index (χ0) is 13.5. The first-order valence-electron chi connectivity index (χ1n) is 5.85. The van der Waals surface area contributed by atoms with Gasteiger partial charge in [-0.05, 0) is 12.1 Å². The molecule has 0 saturated carbocycles. The van der Waals surface area contributed by atoms with Crippen molar-refractivity contribution in [3.05, 3.63) is 52.0 Å². The van der Waals surface area contributed by atoms with Crippen LogP contribution in [0, 0.1) is 0 Å². The summed E-state index contributed by atoms with van der Waals surface area (Å²) in [7, 11) is 1.89. The molecule has 3 rings (SSSR count). The number of halogens is 2. The van der Waals surface area contributed by atoms with Gasteiger partial charge in [-0.25, -0.2) is 4.98 Å². The minimum absolute atomic E-state index is 0.492. The molecular formula is C13H12Cl2N2O2. The molecule has 100 valence electrons. The molecule has 0 N–H and O–H groups in total. The Morgan fingerprint density at radius 1 is 1.26 bits per heavy atom. The quantitative estimate of drug-likeness (QED) is 0.855. The van der Waals surface area contributed by atoms with Crippen LogP contribution in [0.3, 0.4) is 0 Å². The summed E-state index contributed by atoms with van der Waals surface area (Å²) in [6.45, 7) is 0.984. The second-order valence-electron chi connectivity index (χ2n) is 4.30. The molecule has 4 nitrogen and oxygen atoms in total. The summed E-state index contributed by atoms with van der Waals surface area (Å²) >= 11 is 12.2. The SMILES string of the molecule is Cn1ccnc1C1(c2ccc(Cl)cc2Cl)OCCO1. The second-order valence-corrected chi connectivity index (χ2v) is 5.14. The summed E-state index contributed by atoms with van der Waals surface area (Å²) in [6.07, 6.45) is 3.54. The van der Waals surface area contributed by atoms with E-state index in [0.717, 1.165) is 0 Å². The lowest BCUT2D eigenvalue weighted by Crippen LogP contribution is -2.32. The first-order valence-corrected chi connectivity index (χ1v) is 6.60. The highest BCUT2D eigenvalue weighted by atomic mass is 35.5. The molecule has 19 heavy (non-hydrogen) atoms. The van der Waals surface area contributed by atoms with E-state index in [2.05, 4.69) is 4.98 Å². The van der Waals surface area contributed by atoms with Gasteiger partial charge < -0.3 is 14.0 Å². The molecule has 1 fully saturated rings. The standard InChI is InChI=1S/C13H12Cl2N2O2/c1-17-5-4-16-12(17)13(18-6-7-19-13)10-3-2-9(14)8-11(10)15/h2-5,8H,6-7H2,1H3. The maximum absolute atomic E-state index is 6.29. The Labute approximate surface area is 120 Å². The Bertz CT molecular complexity index is 606. The molecule has 1 aromatic heterocycles. The smallest absolute Gasteiger partial charge is 0.257 e. The van der Waals surface area contributed by atoms with Crippen molar-refractivity contribution in [3.8, 4) is 0 Å². The summed E-state index contributed by atoms with van der Waals surface area (Å²) in [5.41, 5.74) is 0.713. The van der Waals surface area contributed by atoms with Gasteiger partial charge in [-0.2, -0.15) is 0 Å². The Morgan fingerprint density at radius 3 is 2.58 bits per heavy atom. The molecule has 0 unspecified atom stereocenters. The topological polar surface area (TPSA) is 36.3 Å². The first-order chi connectivity index (χ1) is 9.13. The van der Waals surface area contributed by atoms with Crippen LogP contribution in [0.5, 0.6) is 0 Å². The maximum atomic E-state index is 6.29. The molecule has 1 aliphatic rings. The molecule has 0 bridgehead atoms. The van der Waals surface area contributed by atoms with Crippen LogP contribution in [-0.4, -0.2) is 22.8 Å². The number of imidazole rings is 1. The molecule has 0 atom stereocenters. The van der Waals surface area contributed by atoms with Crippen molar-refractivity contribution in [2.24, 2.45) is 7.05 Å². The van der Waals surface area contributed by atoms with Gasteiger partial charge in [-0.3, -0.25) is 0 Å². The lowest BCUT2D eigenvalue weighted by Gasteiger charge is -2.28. The van der Waals surface area contributed by atoms with E-state index in [1.807, 2.05) is 23.9 Å². The van der Waals surface area contributed by atoms with E-state index in [0.29, 0.717) is 34.6 Å². The van der Waals surface area contributed by atoms with Gasteiger partial charge in [0.1, 0.15) is 0 Å². The number of nitrogens with zero attached hydrogens (tertiary/aromatic N) is 2.